The lowest BCUT2D eigenvalue weighted by Gasteiger charge is -2.42. The Bertz CT molecular complexity index is 777. The summed E-state index contributed by atoms with van der Waals surface area (Å²) < 4.78 is 0. The van der Waals surface area contributed by atoms with E-state index < -0.39 is 17.0 Å². The van der Waals surface area contributed by atoms with Crippen LogP contribution in [0.15, 0.2) is 54.6 Å². The summed E-state index contributed by atoms with van der Waals surface area (Å²) in [6.45, 7) is 5.42. The van der Waals surface area contributed by atoms with Crippen molar-refractivity contribution >= 4 is 11.7 Å². The minimum Gasteiger partial charge on any atom is -0.360 e. The molecule has 0 fully saturated rings. The number of hydrogen-bond acceptors (Lipinski definition) is 3. The topological polar surface area (TPSA) is 57.6 Å². The quantitative estimate of drug-likeness (QED) is 0.868. The van der Waals surface area contributed by atoms with Crippen molar-refractivity contribution in [2.24, 2.45) is 0 Å². The number of Topliss-reactive ketones (excluding diaryl/α,β-unsaturated/α-hetero) is 1. The molecule has 1 heterocycles. The van der Waals surface area contributed by atoms with E-state index in [2.05, 4.69) is 0 Å². The van der Waals surface area contributed by atoms with Crippen molar-refractivity contribution in [3.8, 4) is 0 Å². The number of ketones is 1. The van der Waals surface area contributed by atoms with E-state index in [-0.39, 0.29) is 5.91 Å². The van der Waals surface area contributed by atoms with Gasteiger partial charge in [0.2, 0.25) is 11.5 Å². The van der Waals surface area contributed by atoms with Gasteiger partial charge in [0.05, 0.1) is 0 Å². The van der Waals surface area contributed by atoms with Gasteiger partial charge in [0.25, 0.3) is 5.91 Å². The highest BCUT2D eigenvalue weighted by Gasteiger charge is 2.57. The van der Waals surface area contributed by atoms with Crippen molar-refractivity contribution in [1.82, 2.24) is 4.90 Å². The second kappa shape index (κ2) is 5.03. The normalized spacial score (nSPS) is 20.5. The van der Waals surface area contributed by atoms with Gasteiger partial charge in [-0.05, 0) is 26.8 Å². The van der Waals surface area contributed by atoms with E-state index in [4.69, 9.17) is 0 Å². The number of nitrogens with zero attached hydrogens (tertiary/aromatic N) is 1. The number of hydrogen-bond donors (Lipinski definition) is 1. The van der Waals surface area contributed by atoms with Gasteiger partial charge in [0.15, 0.2) is 0 Å². The lowest BCUT2D eigenvalue weighted by Crippen LogP contribution is -2.57. The van der Waals surface area contributed by atoms with Gasteiger partial charge >= 0.3 is 0 Å². The second-order valence-electron chi connectivity index (χ2n) is 6.72. The Kier molecular flexibility index (Phi) is 3.38. The molecule has 2 aromatic rings. The van der Waals surface area contributed by atoms with Crippen LogP contribution in [0.2, 0.25) is 0 Å². The van der Waals surface area contributed by atoms with E-state index in [0.29, 0.717) is 16.7 Å². The first kappa shape index (κ1) is 15.4. The van der Waals surface area contributed by atoms with Gasteiger partial charge in [-0.1, -0.05) is 48.5 Å². The van der Waals surface area contributed by atoms with Gasteiger partial charge in [-0.25, -0.2) is 0 Å². The van der Waals surface area contributed by atoms with Gasteiger partial charge in [-0.2, -0.15) is 0 Å². The lowest BCUT2D eigenvalue weighted by molar-refractivity contribution is -0.0885. The maximum absolute atomic E-state index is 13.1. The predicted molar refractivity (Wildman–Crippen MR) is 87.0 cm³/mol. The Morgan fingerprint density at radius 3 is 2.17 bits per heavy atom. The third-order valence-corrected chi connectivity index (χ3v) is 4.08. The number of aliphatic hydroxyl groups is 1. The van der Waals surface area contributed by atoms with Crippen molar-refractivity contribution in [3.63, 3.8) is 0 Å². The van der Waals surface area contributed by atoms with Gasteiger partial charge < -0.3 is 5.11 Å². The molecular weight excluding hydrogens is 290 g/mol. The van der Waals surface area contributed by atoms with Crippen molar-refractivity contribution in [2.75, 3.05) is 0 Å². The number of rotatable bonds is 2. The van der Waals surface area contributed by atoms with Crippen LogP contribution in [0.4, 0.5) is 0 Å². The molecule has 0 aromatic heterocycles. The molecule has 1 unspecified atom stereocenters. The fourth-order valence-electron chi connectivity index (χ4n) is 3.17. The molecule has 4 nitrogen and oxygen atoms in total. The van der Waals surface area contributed by atoms with Crippen molar-refractivity contribution < 1.29 is 14.7 Å². The third-order valence-electron chi connectivity index (χ3n) is 4.08. The first-order valence-electron chi connectivity index (χ1n) is 7.54. The van der Waals surface area contributed by atoms with Crippen LogP contribution in [0.5, 0.6) is 0 Å². The zero-order chi connectivity index (χ0) is 16.8. The van der Waals surface area contributed by atoms with E-state index in [9.17, 15) is 14.7 Å². The molecule has 23 heavy (non-hydrogen) atoms. The third kappa shape index (κ3) is 2.18. The van der Waals surface area contributed by atoms with Crippen LogP contribution in [0.25, 0.3) is 0 Å². The van der Waals surface area contributed by atoms with Gasteiger partial charge in [0, 0.05) is 22.2 Å². The summed E-state index contributed by atoms with van der Waals surface area (Å²) in [4.78, 5) is 27.2. The minimum absolute atomic E-state index is 0.333. The number of carbonyl (C=O) groups excluding carboxylic acids is 2. The molecule has 3 rings (SSSR count). The van der Waals surface area contributed by atoms with Crippen LogP contribution in [-0.2, 0) is 5.72 Å². The molecule has 0 saturated heterocycles. The lowest BCUT2D eigenvalue weighted by atomic mass is 9.91. The van der Waals surface area contributed by atoms with E-state index in [1.807, 2.05) is 0 Å². The number of benzene rings is 2. The zero-order valence-corrected chi connectivity index (χ0v) is 13.4. The second-order valence-corrected chi connectivity index (χ2v) is 6.72. The van der Waals surface area contributed by atoms with Crippen LogP contribution in [0.1, 0.15) is 47.1 Å². The van der Waals surface area contributed by atoms with E-state index >= 15 is 0 Å². The Hall–Kier alpha value is -2.46. The van der Waals surface area contributed by atoms with E-state index in [1.54, 1.807) is 75.4 Å². The molecule has 1 atom stereocenters. The molecule has 0 bridgehead atoms. The standard InChI is InChI=1S/C19H19NO3/c1-18(2,3)20-17(22)14-11-7-8-12-15(14)19(20,23)16(21)13-9-5-4-6-10-13/h4-12,23H,1-3H3. The fraction of sp³-hybridized carbons (Fsp3) is 0.263. The van der Waals surface area contributed by atoms with E-state index in [0.717, 1.165) is 0 Å². The fourth-order valence-corrected chi connectivity index (χ4v) is 3.17. The Morgan fingerprint density at radius 2 is 1.57 bits per heavy atom. The number of fused-ring (bicyclic) bond motifs is 1. The summed E-state index contributed by atoms with van der Waals surface area (Å²) in [5, 5.41) is 11.4. The summed E-state index contributed by atoms with van der Waals surface area (Å²) in [7, 11) is 0. The Balaban J connectivity index is 2.24. The number of amides is 1. The Labute approximate surface area is 135 Å². The largest absolute Gasteiger partial charge is 0.360 e. The highest BCUT2D eigenvalue weighted by Crippen LogP contribution is 2.43. The summed E-state index contributed by atoms with van der Waals surface area (Å²) in [5.74, 6) is -0.828. The highest BCUT2D eigenvalue weighted by molar-refractivity contribution is 6.11. The summed E-state index contributed by atoms with van der Waals surface area (Å²) >= 11 is 0. The van der Waals surface area contributed by atoms with Gasteiger partial charge in [-0.3, -0.25) is 14.5 Å². The summed E-state index contributed by atoms with van der Waals surface area (Å²) in [6, 6.07) is 15.3. The van der Waals surface area contributed by atoms with Gasteiger partial charge in [0.1, 0.15) is 0 Å². The van der Waals surface area contributed by atoms with Crippen LogP contribution in [0, 0.1) is 0 Å². The molecule has 2 aromatic carbocycles. The van der Waals surface area contributed by atoms with Crippen LogP contribution >= 0.6 is 0 Å². The molecule has 0 aliphatic carbocycles. The zero-order valence-electron chi connectivity index (χ0n) is 13.4. The summed E-state index contributed by atoms with van der Waals surface area (Å²) in [5.41, 5.74) is -1.63. The highest BCUT2D eigenvalue weighted by atomic mass is 16.3. The Morgan fingerprint density at radius 1 is 1.00 bits per heavy atom. The maximum atomic E-state index is 13.1. The molecule has 118 valence electrons. The molecule has 1 N–H and O–H groups in total. The monoisotopic (exact) mass is 309 g/mol. The molecule has 0 radical (unpaired) electrons. The van der Waals surface area contributed by atoms with Crippen molar-refractivity contribution in [1.29, 1.82) is 0 Å². The first-order valence-corrected chi connectivity index (χ1v) is 7.54. The SMILES string of the molecule is CC(C)(C)N1C(=O)c2ccccc2C1(O)C(=O)c1ccccc1. The van der Waals surface area contributed by atoms with E-state index in [1.165, 1.54) is 4.90 Å². The first-order chi connectivity index (χ1) is 10.8. The molecular formula is C19H19NO3. The average molecular weight is 309 g/mol. The number of carbonyl (C=O) groups is 2. The predicted octanol–water partition coefficient (Wildman–Crippen LogP) is 2.97. The van der Waals surface area contributed by atoms with Crippen LogP contribution in [-0.4, -0.2) is 27.2 Å². The molecule has 0 saturated carbocycles. The molecule has 0 spiro atoms. The van der Waals surface area contributed by atoms with Crippen LogP contribution in [0.3, 0.4) is 0 Å². The average Bonchev–Trinajstić information content (AvgIpc) is 2.77. The smallest absolute Gasteiger partial charge is 0.257 e. The minimum atomic E-state index is -1.99. The molecule has 1 aliphatic heterocycles. The van der Waals surface area contributed by atoms with Gasteiger partial charge in [-0.15, -0.1) is 0 Å². The molecule has 1 aliphatic rings. The summed E-state index contributed by atoms with van der Waals surface area (Å²) in [6.07, 6.45) is 0. The molecule has 1 amide bonds. The maximum Gasteiger partial charge on any atom is 0.257 e. The van der Waals surface area contributed by atoms with Crippen molar-refractivity contribution in [2.45, 2.75) is 32.0 Å². The van der Waals surface area contributed by atoms with Crippen molar-refractivity contribution in [3.05, 3.63) is 71.3 Å². The van der Waals surface area contributed by atoms with Crippen LogP contribution < -0.4 is 0 Å². The molecule has 4 heteroatoms.